The van der Waals surface area contributed by atoms with Gasteiger partial charge in [0.05, 0.1) is 14.7 Å². The Labute approximate surface area is 170 Å². The van der Waals surface area contributed by atoms with Crippen molar-refractivity contribution in [3.8, 4) is 0 Å². The van der Waals surface area contributed by atoms with Crippen molar-refractivity contribution < 1.29 is 4.79 Å². The SMILES string of the molecule is O=C(NC(=S)Nc1nc2c(Cl)c(Cl)ccc2s1)c1cccc(I)c1. The Balaban J connectivity index is 1.73. The Bertz CT molecular complexity index is 961. The summed E-state index contributed by atoms with van der Waals surface area (Å²) in [5.41, 5.74) is 1.13. The van der Waals surface area contributed by atoms with Crippen molar-refractivity contribution in [3.05, 3.63) is 55.6 Å². The van der Waals surface area contributed by atoms with Gasteiger partial charge in [0.15, 0.2) is 10.2 Å². The van der Waals surface area contributed by atoms with Gasteiger partial charge in [0.25, 0.3) is 5.91 Å². The Morgan fingerprint density at radius 2 is 2.04 bits per heavy atom. The average molecular weight is 508 g/mol. The van der Waals surface area contributed by atoms with Crippen LogP contribution in [0.5, 0.6) is 0 Å². The Kier molecular flexibility index (Phi) is 5.56. The third kappa shape index (κ3) is 3.97. The molecule has 0 unspecified atom stereocenters. The van der Waals surface area contributed by atoms with Crippen LogP contribution in [0.15, 0.2) is 36.4 Å². The van der Waals surface area contributed by atoms with Crippen molar-refractivity contribution in [2.24, 2.45) is 0 Å². The minimum absolute atomic E-state index is 0.167. The lowest BCUT2D eigenvalue weighted by Crippen LogP contribution is -2.34. The first kappa shape index (κ1) is 17.8. The van der Waals surface area contributed by atoms with E-state index in [-0.39, 0.29) is 11.0 Å². The molecule has 0 atom stereocenters. The number of benzene rings is 2. The number of hydrogen-bond acceptors (Lipinski definition) is 4. The molecule has 1 aromatic heterocycles. The predicted molar refractivity (Wildman–Crippen MR) is 112 cm³/mol. The maximum absolute atomic E-state index is 12.2. The number of aromatic nitrogens is 1. The van der Waals surface area contributed by atoms with Crippen molar-refractivity contribution >= 4 is 95.7 Å². The molecule has 0 radical (unpaired) electrons. The van der Waals surface area contributed by atoms with Crippen LogP contribution in [0.25, 0.3) is 10.2 Å². The van der Waals surface area contributed by atoms with Gasteiger partial charge in [-0.15, -0.1) is 0 Å². The van der Waals surface area contributed by atoms with Crippen molar-refractivity contribution in [3.63, 3.8) is 0 Å². The molecular weight excluding hydrogens is 500 g/mol. The van der Waals surface area contributed by atoms with Gasteiger partial charge in [-0.2, -0.15) is 0 Å². The number of carbonyl (C=O) groups excluding carboxylic acids is 1. The molecule has 0 saturated heterocycles. The highest BCUT2D eigenvalue weighted by molar-refractivity contribution is 14.1. The van der Waals surface area contributed by atoms with Crippen LogP contribution in [0.2, 0.25) is 10.0 Å². The number of rotatable bonds is 2. The normalized spacial score (nSPS) is 10.6. The molecule has 3 rings (SSSR count). The molecule has 1 amide bonds. The van der Waals surface area contributed by atoms with E-state index in [1.165, 1.54) is 11.3 Å². The van der Waals surface area contributed by atoms with Gasteiger partial charge in [0, 0.05) is 9.13 Å². The highest BCUT2D eigenvalue weighted by Gasteiger charge is 2.13. The summed E-state index contributed by atoms with van der Waals surface area (Å²) in [6, 6.07) is 10.8. The van der Waals surface area contributed by atoms with Crippen molar-refractivity contribution in [1.82, 2.24) is 10.3 Å². The van der Waals surface area contributed by atoms with E-state index < -0.39 is 0 Å². The molecule has 0 spiro atoms. The van der Waals surface area contributed by atoms with Gasteiger partial charge in [-0.1, -0.05) is 40.6 Å². The highest BCUT2D eigenvalue weighted by atomic mass is 127. The lowest BCUT2D eigenvalue weighted by atomic mass is 10.2. The van der Waals surface area contributed by atoms with Crippen LogP contribution in [0.4, 0.5) is 5.13 Å². The summed E-state index contributed by atoms with van der Waals surface area (Å²) in [4.78, 5) is 16.5. The highest BCUT2D eigenvalue weighted by Crippen LogP contribution is 2.35. The minimum atomic E-state index is -0.284. The molecule has 0 aliphatic rings. The molecule has 0 saturated carbocycles. The van der Waals surface area contributed by atoms with Crippen LogP contribution in [0.3, 0.4) is 0 Å². The molecule has 0 aliphatic carbocycles. The molecule has 122 valence electrons. The monoisotopic (exact) mass is 507 g/mol. The topological polar surface area (TPSA) is 54.0 Å². The zero-order valence-corrected chi connectivity index (χ0v) is 17.1. The van der Waals surface area contributed by atoms with Gasteiger partial charge in [-0.25, -0.2) is 4.98 Å². The van der Waals surface area contributed by atoms with Gasteiger partial charge in [-0.05, 0) is 65.1 Å². The van der Waals surface area contributed by atoms with Crippen LogP contribution >= 0.6 is 69.3 Å². The largest absolute Gasteiger partial charge is 0.308 e. The molecule has 0 aliphatic heterocycles. The van der Waals surface area contributed by atoms with Crippen LogP contribution < -0.4 is 10.6 Å². The molecule has 2 N–H and O–H groups in total. The molecule has 9 heteroatoms. The number of anilines is 1. The second kappa shape index (κ2) is 7.49. The lowest BCUT2D eigenvalue weighted by Gasteiger charge is -2.07. The number of thiazole rings is 1. The van der Waals surface area contributed by atoms with E-state index in [4.69, 9.17) is 35.4 Å². The summed E-state index contributed by atoms with van der Waals surface area (Å²) in [7, 11) is 0. The molecule has 4 nitrogen and oxygen atoms in total. The summed E-state index contributed by atoms with van der Waals surface area (Å²) >= 11 is 20.8. The van der Waals surface area contributed by atoms with E-state index in [9.17, 15) is 4.79 Å². The smallest absolute Gasteiger partial charge is 0.257 e. The van der Waals surface area contributed by atoms with Gasteiger partial charge in [0.2, 0.25) is 0 Å². The first-order valence-electron chi connectivity index (χ1n) is 6.56. The number of halogens is 3. The van der Waals surface area contributed by atoms with Crippen LogP contribution in [0, 0.1) is 3.57 Å². The van der Waals surface area contributed by atoms with E-state index in [2.05, 4.69) is 38.2 Å². The van der Waals surface area contributed by atoms with E-state index in [1.807, 2.05) is 18.2 Å². The van der Waals surface area contributed by atoms with Crippen molar-refractivity contribution in [1.29, 1.82) is 0 Å². The Morgan fingerprint density at radius 3 is 2.79 bits per heavy atom. The summed E-state index contributed by atoms with van der Waals surface area (Å²) < 4.78 is 1.84. The summed E-state index contributed by atoms with van der Waals surface area (Å²) in [6.45, 7) is 0. The van der Waals surface area contributed by atoms with Crippen LogP contribution in [-0.2, 0) is 0 Å². The average Bonchev–Trinajstić information content (AvgIpc) is 2.94. The third-order valence-electron chi connectivity index (χ3n) is 2.99. The molecule has 2 aromatic carbocycles. The zero-order valence-electron chi connectivity index (χ0n) is 11.8. The Hall–Kier alpha value is -1.000. The lowest BCUT2D eigenvalue weighted by molar-refractivity contribution is 0.0977. The molecular formula is C15H8Cl2IN3OS2. The maximum atomic E-state index is 12.2. The number of carbonyl (C=O) groups is 1. The fourth-order valence-corrected chi connectivity index (χ4v) is 4.02. The summed E-state index contributed by atoms with van der Waals surface area (Å²) in [5.74, 6) is -0.284. The second-order valence-corrected chi connectivity index (χ2v) is 8.12. The quantitative estimate of drug-likeness (QED) is 0.363. The fraction of sp³-hybridized carbons (Fsp3) is 0. The predicted octanol–water partition coefficient (Wildman–Crippen LogP) is 5.33. The molecule has 1 heterocycles. The second-order valence-electron chi connectivity index (χ2n) is 4.65. The van der Waals surface area contributed by atoms with Crippen LogP contribution in [-0.4, -0.2) is 16.0 Å². The van der Waals surface area contributed by atoms with Gasteiger partial charge >= 0.3 is 0 Å². The number of nitrogens with one attached hydrogen (secondary N) is 2. The van der Waals surface area contributed by atoms with Crippen LogP contribution in [0.1, 0.15) is 10.4 Å². The summed E-state index contributed by atoms with van der Waals surface area (Å²) in [5, 5.41) is 7.06. The third-order valence-corrected chi connectivity index (χ3v) is 5.59. The molecule has 3 aromatic rings. The van der Waals surface area contributed by atoms with E-state index in [0.717, 1.165) is 8.27 Å². The first-order chi connectivity index (χ1) is 11.4. The minimum Gasteiger partial charge on any atom is -0.308 e. The maximum Gasteiger partial charge on any atom is 0.257 e. The zero-order chi connectivity index (χ0) is 17.3. The van der Waals surface area contributed by atoms with E-state index in [1.54, 1.807) is 18.2 Å². The van der Waals surface area contributed by atoms with E-state index >= 15 is 0 Å². The summed E-state index contributed by atoms with van der Waals surface area (Å²) in [6.07, 6.45) is 0. The first-order valence-corrected chi connectivity index (χ1v) is 9.62. The number of fused-ring (bicyclic) bond motifs is 1. The van der Waals surface area contributed by atoms with Crippen molar-refractivity contribution in [2.45, 2.75) is 0 Å². The van der Waals surface area contributed by atoms with E-state index in [0.29, 0.717) is 26.3 Å². The van der Waals surface area contributed by atoms with Gasteiger partial charge in [0.1, 0.15) is 5.52 Å². The molecule has 24 heavy (non-hydrogen) atoms. The number of amides is 1. The van der Waals surface area contributed by atoms with Gasteiger partial charge in [-0.3, -0.25) is 10.1 Å². The Morgan fingerprint density at radius 1 is 1.25 bits per heavy atom. The number of hydrogen-bond donors (Lipinski definition) is 2. The van der Waals surface area contributed by atoms with Gasteiger partial charge < -0.3 is 5.32 Å². The molecule has 0 fully saturated rings. The number of thiocarbonyl (C=S) groups is 1. The molecule has 0 bridgehead atoms. The van der Waals surface area contributed by atoms with Crippen molar-refractivity contribution in [2.75, 3.05) is 5.32 Å². The fourth-order valence-electron chi connectivity index (χ4n) is 1.92. The standard InChI is InChI=1S/C15H8Cl2IN3OS2/c16-9-4-5-10-12(11(9)17)19-15(24-10)21-14(23)20-13(22)7-2-1-3-8(18)6-7/h1-6H,(H2,19,20,21,22,23). The number of nitrogens with zero attached hydrogens (tertiary/aromatic N) is 1.